The number of hydrogen-bond acceptors (Lipinski definition) is 9. The van der Waals surface area contributed by atoms with Crippen molar-refractivity contribution >= 4 is 45.5 Å². The van der Waals surface area contributed by atoms with Crippen LogP contribution in [0, 0.1) is 6.92 Å². The molecule has 1 aromatic carbocycles. The molecule has 0 saturated heterocycles. The van der Waals surface area contributed by atoms with Crippen LogP contribution in [0.3, 0.4) is 0 Å². The van der Waals surface area contributed by atoms with Crippen LogP contribution in [0.15, 0.2) is 49.8 Å². The van der Waals surface area contributed by atoms with Gasteiger partial charge in [0.25, 0.3) is 5.89 Å². The summed E-state index contributed by atoms with van der Waals surface area (Å²) in [5.74, 6) is 1.91. The second-order valence-electron chi connectivity index (χ2n) is 5.18. The van der Waals surface area contributed by atoms with E-state index in [9.17, 15) is 0 Å². The van der Waals surface area contributed by atoms with Crippen molar-refractivity contribution in [3.05, 3.63) is 53.1 Å². The molecule has 0 bridgehead atoms. The van der Waals surface area contributed by atoms with E-state index in [1.54, 1.807) is 18.4 Å². The number of furan rings is 1. The molecular weight excluding hydrogens is 394 g/mol. The third-order valence-corrected chi connectivity index (χ3v) is 5.80. The van der Waals surface area contributed by atoms with Crippen molar-refractivity contribution in [2.24, 2.45) is 0 Å². The van der Waals surface area contributed by atoms with Gasteiger partial charge in [-0.3, -0.25) is 0 Å². The lowest BCUT2D eigenvalue weighted by Gasteiger charge is -2.06. The van der Waals surface area contributed by atoms with Crippen molar-refractivity contribution in [3.8, 4) is 11.7 Å². The molecule has 0 aliphatic carbocycles. The largest absolute Gasteiger partial charge is 0.459 e. The van der Waals surface area contributed by atoms with E-state index >= 15 is 0 Å². The second kappa shape index (κ2) is 7.48. The lowest BCUT2D eigenvalue weighted by atomic mass is 10.2. The number of halogens is 1. The number of hydrogen-bond donors (Lipinski definition) is 1. The highest BCUT2D eigenvalue weighted by atomic mass is 35.5. The Morgan fingerprint density at radius 2 is 2.08 bits per heavy atom. The fourth-order valence-corrected chi connectivity index (χ4v) is 3.89. The van der Waals surface area contributed by atoms with Crippen LogP contribution >= 0.6 is 34.7 Å². The predicted molar refractivity (Wildman–Crippen MR) is 101 cm³/mol. The van der Waals surface area contributed by atoms with Crippen LogP contribution in [-0.2, 0) is 5.75 Å². The van der Waals surface area contributed by atoms with Gasteiger partial charge in [0.2, 0.25) is 11.0 Å². The van der Waals surface area contributed by atoms with E-state index in [4.69, 9.17) is 20.4 Å². The summed E-state index contributed by atoms with van der Waals surface area (Å²) in [6, 6.07) is 9.23. The van der Waals surface area contributed by atoms with Crippen molar-refractivity contribution in [2.75, 3.05) is 5.32 Å². The van der Waals surface area contributed by atoms with E-state index in [1.807, 2.05) is 25.1 Å². The Morgan fingerprint density at radius 3 is 2.92 bits per heavy atom. The topological polar surface area (TPSA) is 89.9 Å². The molecule has 0 unspecified atom stereocenters. The standard InChI is InChI=1S/C16H12ClN5O2S2/c1-9-10(17)4-2-5-11(9)18-15-21-22-16(26-15)25-8-13-19-20-14(24-13)12-6-3-7-23-12/h2-7H,8H2,1H3,(H,18,21). The molecule has 0 saturated carbocycles. The maximum atomic E-state index is 6.14. The van der Waals surface area contributed by atoms with Crippen molar-refractivity contribution < 1.29 is 8.83 Å². The summed E-state index contributed by atoms with van der Waals surface area (Å²) in [5.41, 5.74) is 1.88. The smallest absolute Gasteiger partial charge is 0.283 e. The fraction of sp³-hybridized carbons (Fsp3) is 0.125. The molecule has 0 radical (unpaired) electrons. The summed E-state index contributed by atoms with van der Waals surface area (Å²) in [6.07, 6.45) is 1.56. The van der Waals surface area contributed by atoms with E-state index in [2.05, 4.69) is 25.7 Å². The highest BCUT2D eigenvalue weighted by molar-refractivity contribution is 8.00. The van der Waals surface area contributed by atoms with Crippen LogP contribution in [0.1, 0.15) is 11.5 Å². The van der Waals surface area contributed by atoms with Crippen molar-refractivity contribution in [1.82, 2.24) is 20.4 Å². The first-order valence-corrected chi connectivity index (χ1v) is 9.72. The lowest BCUT2D eigenvalue weighted by molar-refractivity contribution is 0.494. The quantitative estimate of drug-likeness (QED) is 0.439. The van der Waals surface area contributed by atoms with E-state index < -0.39 is 0 Å². The van der Waals surface area contributed by atoms with E-state index in [-0.39, 0.29) is 0 Å². The van der Waals surface area contributed by atoms with Crippen LogP contribution < -0.4 is 5.32 Å². The monoisotopic (exact) mass is 405 g/mol. The van der Waals surface area contributed by atoms with Crippen molar-refractivity contribution in [2.45, 2.75) is 17.0 Å². The number of nitrogens with zero attached hydrogens (tertiary/aromatic N) is 4. The summed E-state index contributed by atoms with van der Waals surface area (Å²) in [6.45, 7) is 1.95. The number of anilines is 2. The molecule has 26 heavy (non-hydrogen) atoms. The van der Waals surface area contributed by atoms with Gasteiger partial charge >= 0.3 is 0 Å². The normalized spacial score (nSPS) is 11.0. The molecular formula is C16H12ClN5O2S2. The van der Waals surface area contributed by atoms with E-state index in [1.165, 1.54) is 23.1 Å². The van der Waals surface area contributed by atoms with Gasteiger partial charge in [-0.05, 0) is 36.8 Å². The Morgan fingerprint density at radius 1 is 1.15 bits per heavy atom. The van der Waals surface area contributed by atoms with Gasteiger partial charge < -0.3 is 14.2 Å². The highest BCUT2D eigenvalue weighted by Crippen LogP contribution is 2.32. The minimum atomic E-state index is 0.363. The predicted octanol–water partition coefficient (Wildman–Crippen LogP) is 5.18. The molecule has 0 aliphatic rings. The summed E-state index contributed by atoms with van der Waals surface area (Å²) in [7, 11) is 0. The van der Waals surface area contributed by atoms with Gasteiger partial charge in [0.15, 0.2) is 10.1 Å². The Balaban J connectivity index is 1.39. The van der Waals surface area contributed by atoms with Crippen molar-refractivity contribution in [1.29, 1.82) is 0 Å². The molecule has 0 spiro atoms. The molecule has 7 nitrogen and oxygen atoms in total. The molecule has 10 heteroatoms. The van der Waals surface area contributed by atoms with E-state index in [0.717, 1.165) is 15.6 Å². The van der Waals surface area contributed by atoms with Gasteiger partial charge in [-0.25, -0.2) is 0 Å². The Labute approximate surface area is 161 Å². The summed E-state index contributed by atoms with van der Waals surface area (Å²) < 4.78 is 11.6. The van der Waals surface area contributed by atoms with Crippen LogP contribution in [0.25, 0.3) is 11.7 Å². The summed E-state index contributed by atoms with van der Waals surface area (Å²) >= 11 is 9.05. The Hall–Kier alpha value is -2.36. The molecule has 132 valence electrons. The lowest BCUT2D eigenvalue weighted by Crippen LogP contribution is -1.92. The third-order valence-electron chi connectivity index (χ3n) is 3.43. The number of nitrogens with one attached hydrogen (secondary N) is 1. The minimum Gasteiger partial charge on any atom is -0.459 e. The van der Waals surface area contributed by atoms with E-state index in [0.29, 0.717) is 33.4 Å². The zero-order valence-corrected chi connectivity index (χ0v) is 15.9. The summed E-state index contributed by atoms with van der Waals surface area (Å²) in [4.78, 5) is 0. The molecule has 0 fully saturated rings. The third kappa shape index (κ3) is 3.74. The SMILES string of the molecule is Cc1c(Cl)cccc1Nc1nnc(SCc2nnc(-c3ccco3)o2)s1. The molecule has 0 aliphatic heterocycles. The van der Waals surface area contributed by atoms with Crippen LogP contribution in [0.5, 0.6) is 0 Å². The van der Waals surface area contributed by atoms with Gasteiger partial charge in [-0.2, -0.15) is 0 Å². The molecule has 3 aromatic heterocycles. The maximum absolute atomic E-state index is 6.14. The molecule has 4 rings (SSSR count). The second-order valence-corrected chi connectivity index (χ2v) is 7.78. The first-order chi connectivity index (χ1) is 12.7. The van der Waals surface area contributed by atoms with Crippen molar-refractivity contribution in [3.63, 3.8) is 0 Å². The fourth-order valence-electron chi connectivity index (χ4n) is 2.11. The highest BCUT2D eigenvalue weighted by Gasteiger charge is 2.13. The number of benzene rings is 1. The van der Waals surface area contributed by atoms with Gasteiger partial charge in [0.05, 0.1) is 12.0 Å². The van der Waals surface area contributed by atoms with Gasteiger partial charge in [0, 0.05) is 10.7 Å². The first kappa shape index (κ1) is 17.1. The van der Waals surface area contributed by atoms with Crippen LogP contribution in [0.2, 0.25) is 5.02 Å². The van der Waals surface area contributed by atoms with Gasteiger partial charge in [-0.1, -0.05) is 40.8 Å². The molecule has 0 atom stereocenters. The average molecular weight is 406 g/mol. The number of aromatic nitrogens is 4. The number of rotatable bonds is 6. The van der Waals surface area contributed by atoms with Gasteiger partial charge in [0.1, 0.15) is 0 Å². The van der Waals surface area contributed by atoms with Gasteiger partial charge in [-0.15, -0.1) is 20.4 Å². The molecule has 1 N–H and O–H groups in total. The molecule has 0 amide bonds. The maximum Gasteiger partial charge on any atom is 0.283 e. The molecule has 3 heterocycles. The summed E-state index contributed by atoms with van der Waals surface area (Å²) in [5, 5.41) is 20.9. The van der Waals surface area contributed by atoms with Crippen LogP contribution in [0.4, 0.5) is 10.8 Å². The molecule has 4 aromatic rings. The first-order valence-electron chi connectivity index (χ1n) is 7.54. The Kier molecular flexibility index (Phi) is 4.91. The number of thioether (sulfide) groups is 1. The zero-order valence-electron chi connectivity index (χ0n) is 13.5. The zero-order chi connectivity index (χ0) is 17.9. The van der Waals surface area contributed by atoms with Crippen LogP contribution in [-0.4, -0.2) is 20.4 Å². The Bertz CT molecular complexity index is 1020. The minimum absolute atomic E-state index is 0.363. The average Bonchev–Trinajstić information content (AvgIpc) is 3.38.